The van der Waals surface area contributed by atoms with Gasteiger partial charge in [0.1, 0.15) is 5.65 Å². The van der Waals surface area contributed by atoms with Crippen molar-refractivity contribution in [2.45, 2.75) is 19.1 Å². The first-order valence-electron chi connectivity index (χ1n) is 7.28. The molecule has 0 radical (unpaired) electrons. The Hall–Kier alpha value is -1.88. The largest absolute Gasteiger partial charge is 0.391 e. The minimum atomic E-state index is -0.430. The fourth-order valence-electron chi connectivity index (χ4n) is 2.49. The average molecular weight is 316 g/mol. The Labute approximate surface area is 134 Å². The minimum absolute atomic E-state index is 0.430. The Morgan fingerprint density at radius 2 is 1.91 bits per heavy atom. The highest BCUT2D eigenvalue weighted by Crippen LogP contribution is 2.17. The Morgan fingerprint density at radius 1 is 1.14 bits per heavy atom. The summed E-state index contributed by atoms with van der Waals surface area (Å²) in [5.41, 5.74) is 2.86. The van der Waals surface area contributed by atoms with Gasteiger partial charge in [-0.05, 0) is 24.1 Å². The molecular weight excluding hydrogens is 298 g/mol. The summed E-state index contributed by atoms with van der Waals surface area (Å²) in [5.74, 6) is 0. The lowest BCUT2D eigenvalue weighted by Crippen LogP contribution is -2.28. The molecule has 0 bridgehead atoms. The number of nitrogens with zero attached hydrogens (tertiary/aromatic N) is 2. The smallest absolute Gasteiger partial charge is 0.152 e. The highest BCUT2D eigenvalue weighted by atomic mass is 35.5. The Kier molecular flexibility index (Phi) is 4.73. The zero-order valence-electron chi connectivity index (χ0n) is 12.1. The number of aliphatic hydroxyl groups excluding tert-OH is 1. The second kappa shape index (κ2) is 6.92. The molecule has 0 amide bonds. The third kappa shape index (κ3) is 3.47. The van der Waals surface area contributed by atoms with E-state index in [1.807, 2.05) is 59.1 Å². The predicted molar refractivity (Wildman–Crippen MR) is 88.1 cm³/mol. The maximum atomic E-state index is 10.1. The summed E-state index contributed by atoms with van der Waals surface area (Å²) in [6.07, 6.45) is 2.14. The lowest BCUT2D eigenvalue weighted by atomic mass is 10.1. The molecule has 5 heteroatoms. The van der Waals surface area contributed by atoms with Gasteiger partial charge < -0.3 is 14.8 Å². The van der Waals surface area contributed by atoms with Crippen LogP contribution in [0.1, 0.15) is 11.3 Å². The highest BCUT2D eigenvalue weighted by Gasteiger charge is 2.10. The molecule has 2 heterocycles. The molecule has 2 N–H and O–H groups in total. The van der Waals surface area contributed by atoms with Crippen LogP contribution in [0.15, 0.2) is 54.7 Å². The fourth-order valence-corrected chi connectivity index (χ4v) is 2.74. The van der Waals surface area contributed by atoms with Gasteiger partial charge in [-0.1, -0.05) is 48.0 Å². The molecule has 0 aliphatic carbocycles. The van der Waals surface area contributed by atoms with Crippen molar-refractivity contribution in [1.82, 2.24) is 14.7 Å². The predicted octanol–water partition coefficient (Wildman–Crippen LogP) is 2.68. The number of imidazole rings is 1. The normalized spacial score (nSPS) is 12.6. The van der Waals surface area contributed by atoms with Gasteiger partial charge in [-0.3, -0.25) is 0 Å². The molecule has 3 aromatic rings. The Morgan fingerprint density at radius 3 is 2.73 bits per heavy atom. The summed E-state index contributed by atoms with van der Waals surface area (Å²) in [5, 5.41) is 13.8. The second-order valence-corrected chi connectivity index (χ2v) is 5.61. The van der Waals surface area contributed by atoms with E-state index in [0.29, 0.717) is 24.7 Å². The van der Waals surface area contributed by atoms with Gasteiger partial charge in [0.25, 0.3) is 0 Å². The number of rotatable bonds is 6. The third-order valence-electron chi connectivity index (χ3n) is 3.57. The van der Waals surface area contributed by atoms with Gasteiger partial charge in [0, 0.05) is 19.3 Å². The molecule has 22 heavy (non-hydrogen) atoms. The fraction of sp³-hybridized carbons (Fsp3) is 0.235. The van der Waals surface area contributed by atoms with Gasteiger partial charge in [0.15, 0.2) is 5.15 Å². The van der Waals surface area contributed by atoms with Crippen LogP contribution in [0.3, 0.4) is 0 Å². The molecular formula is C17H18ClN3O. The number of fused-ring (bicyclic) bond motifs is 1. The quantitative estimate of drug-likeness (QED) is 0.735. The molecule has 1 aromatic carbocycles. The van der Waals surface area contributed by atoms with Crippen molar-refractivity contribution in [1.29, 1.82) is 0 Å². The van der Waals surface area contributed by atoms with E-state index in [-0.39, 0.29) is 0 Å². The molecule has 0 fully saturated rings. The van der Waals surface area contributed by atoms with Crippen LogP contribution in [-0.2, 0) is 13.0 Å². The Bertz CT molecular complexity index is 742. The molecule has 1 atom stereocenters. The summed E-state index contributed by atoms with van der Waals surface area (Å²) < 4.78 is 1.96. The van der Waals surface area contributed by atoms with E-state index in [0.717, 1.165) is 16.9 Å². The maximum absolute atomic E-state index is 10.1. The standard InChI is InChI=1S/C17H18ClN3O/c18-17-15(21-9-5-4-8-16(21)20-17)12-19-11-14(22)10-13-6-2-1-3-7-13/h1-9,14,19,22H,10-12H2. The third-order valence-corrected chi connectivity index (χ3v) is 3.87. The lowest BCUT2D eigenvalue weighted by molar-refractivity contribution is 0.171. The monoisotopic (exact) mass is 315 g/mol. The van der Waals surface area contributed by atoms with Crippen molar-refractivity contribution in [3.63, 3.8) is 0 Å². The van der Waals surface area contributed by atoms with Crippen LogP contribution in [0.2, 0.25) is 5.15 Å². The van der Waals surface area contributed by atoms with E-state index in [4.69, 9.17) is 11.6 Å². The van der Waals surface area contributed by atoms with Crippen molar-refractivity contribution in [2.24, 2.45) is 0 Å². The van der Waals surface area contributed by atoms with E-state index >= 15 is 0 Å². The zero-order chi connectivity index (χ0) is 15.4. The van der Waals surface area contributed by atoms with Crippen molar-refractivity contribution in [3.05, 3.63) is 71.1 Å². The van der Waals surface area contributed by atoms with Gasteiger partial charge in [-0.25, -0.2) is 4.98 Å². The van der Waals surface area contributed by atoms with Gasteiger partial charge in [0.2, 0.25) is 0 Å². The topological polar surface area (TPSA) is 49.6 Å². The molecule has 0 spiro atoms. The van der Waals surface area contributed by atoms with E-state index < -0.39 is 6.10 Å². The minimum Gasteiger partial charge on any atom is -0.391 e. The number of nitrogens with one attached hydrogen (secondary N) is 1. The maximum Gasteiger partial charge on any atom is 0.152 e. The van der Waals surface area contributed by atoms with Crippen LogP contribution in [0.5, 0.6) is 0 Å². The number of aliphatic hydroxyl groups is 1. The van der Waals surface area contributed by atoms with Gasteiger partial charge in [-0.15, -0.1) is 0 Å². The van der Waals surface area contributed by atoms with Crippen molar-refractivity contribution in [2.75, 3.05) is 6.54 Å². The molecule has 0 saturated carbocycles. The number of halogens is 1. The molecule has 0 aliphatic heterocycles. The first-order valence-corrected chi connectivity index (χ1v) is 7.66. The van der Waals surface area contributed by atoms with E-state index in [1.165, 1.54) is 0 Å². The van der Waals surface area contributed by atoms with E-state index in [2.05, 4.69) is 10.3 Å². The molecule has 3 rings (SSSR count). The van der Waals surface area contributed by atoms with Gasteiger partial charge in [-0.2, -0.15) is 0 Å². The number of aromatic nitrogens is 2. The summed E-state index contributed by atoms with van der Waals surface area (Å²) in [6.45, 7) is 1.07. The van der Waals surface area contributed by atoms with Crippen LogP contribution >= 0.6 is 11.6 Å². The van der Waals surface area contributed by atoms with Crippen molar-refractivity contribution < 1.29 is 5.11 Å². The van der Waals surface area contributed by atoms with Gasteiger partial charge in [0.05, 0.1) is 11.8 Å². The molecule has 4 nitrogen and oxygen atoms in total. The highest BCUT2D eigenvalue weighted by molar-refractivity contribution is 6.30. The van der Waals surface area contributed by atoms with Crippen LogP contribution in [-0.4, -0.2) is 27.1 Å². The number of pyridine rings is 1. The summed E-state index contributed by atoms with van der Waals surface area (Å²) in [6, 6.07) is 15.8. The SMILES string of the molecule is OC(CNCc1c(Cl)nc2ccccn12)Cc1ccccc1. The van der Waals surface area contributed by atoms with Crippen molar-refractivity contribution >= 4 is 17.2 Å². The summed E-state index contributed by atoms with van der Waals surface area (Å²) in [4.78, 5) is 4.30. The lowest BCUT2D eigenvalue weighted by Gasteiger charge is -2.12. The molecule has 114 valence electrons. The van der Waals surface area contributed by atoms with Crippen LogP contribution < -0.4 is 5.32 Å². The van der Waals surface area contributed by atoms with Crippen LogP contribution in [0, 0.1) is 0 Å². The van der Waals surface area contributed by atoms with Gasteiger partial charge >= 0.3 is 0 Å². The first-order chi connectivity index (χ1) is 10.7. The first kappa shape index (κ1) is 15.0. The van der Waals surface area contributed by atoms with Crippen molar-refractivity contribution in [3.8, 4) is 0 Å². The number of hydrogen-bond donors (Lipinski definition) is 2. The molecule has 0 aliphatic rings. The van der Waals surface area contributed by atoms with E-state index in [1.54, 1.807) is 0 Å². The average Bonchev–Trinajstić information content (AvgIpc) is 2.84. The van der Waals surface area contributed by atoms with Crippen LogP contribution in [0.25, 0.3) is 5.65 Å². The second-order valence-electron chi connectivity index (χ2n) is 5.25. The molecule has 0 saturated heterocycles. The number of hydrogen-bond acceptors (Lipinski definition) is 3. The zero-order valence-corrected chi connectivity index (χ0v) is 12.9. The Balaban J connectivity index is 1.57. The van der Waals surface area contributed by atoms with Crippen LogP contribution in [0.4, 0.5) is 0 Å². The van der Waals surface area contributed by atoms with E-state index in [9.17, 15) is 5.11 Å². The molecule has 2 aromatic heterocycles. The number of benzene rings is 1. The molecule has 1 unspecified atom stereocenters. The summed E-state index contributed by atoms with van der Waals surface area (Å²) in [7, 11) is 0. The summed E-state index contributed by atoms with van der Waals surface area (Å²) >= 11 is 6.18.